The Bertz CT molecular complexity index is 1180. The molecule has 0 saturated carbocycles. The third-order valence-corrected chi connectivity index (χ3v) is 6.69. The van der Waals surface area contributed by atoms with Crippen molar-refractivity contribution in [3.8, 4) is 11.1 Å². The van der Waals surface area contributed by atoms with Crippen molar-refractivity contribution in [2.75, 3.05) is 10.5 Å². The molecule has 4 aromatic rings. The van der Waals surface area contributed by atoms with Crippen LogP contribution in [-0.2, 0) is 10.0 Å². The van der Waals surface area contributed by atoms with Crippen molar-refractivity contribution in [2.45, 2.75) is 4.21 Å². The number of H-pyrrole nitrogens is 1. The molecule has 2 heterocycles. The predicted octanol–water partition coefficient (Wildman–Crippen LogP) is 3.81. The maximum Gasteiger partial charge on any atom is 0.271 e. The Hall–Kier alpha value is -2.91. The van der Waals surface area contributed by atoms with Crippen molar-refractivity contribution in [1.82, 2.24) is 10.2 Å². The number of aromatic nitrogens is 2. The van der Waals surface area contributed by atoms with Gasteiger partial charge in [-0.1, -0.05) is 24.3 Å². The summed E-state index contributed by atoms with van der Waals surface area (Å²) in [7, 11) is -3.61. The van der Waals surface area contributed by atoms with Crippen LogP contribution in [0, 0.1) is 5.82 Å². The fraction of sp³-hybridized carbons (Fsp3) is 0. The zero-order valence-corrected chi connectivity index (χ0v) is 14.9. The average molecular weight is 388 g/mol. The van der Waals surface area contributed by atoms with Gasteiger partial charge in [-0.2, -0.15) is 5.10 Å². The Balaban J connectivity index is 1.65. The first-order chi connectivity index (χ1) is 12.5. The monoisotopic (exact) mass is 388 g/mol. The van der Waals surface area contributed by atoms with Crippen molar-refractivity contribution in [3.05, 3.63) is 59.7 Å². The maximum atomic E-state index is 14.7. The molecule has 6 nitrogen and oxygen atoms in total. The summed E-state index contributed by atoms with van der Waals surface area (Å²) in [4.78, 5) is 0. The molecular weight excluding hydrogens is 375 g/mol. The molecule has 0 radical (unpaired) electrons. The van der Waals surface area contributed by atoms with E-state index in [2.05, 4.69) is 14.9 Å². The molecule has 4 rings (SSSR count). The number of sulfonamides is 1. The van der Waals surface area contributed by atoms with Gasteiger partial charge in [-0.15, -0.1) is 11.3 Å². The van der Waals surface area contributed by atoms with Gasteiger partial charge in [0.05, 0.1) is 0 Å². The van der Waals surface area contributed by atoms with Gasteiger partial charge in [0.25, 0.3) is 10.0 Å². The Kier molecular flexibility index (Phi) is 3.89. The molecule has 0 aliphatic heterocycles. The highest BCUT2D eigenvalue weighted by Crippen LogP contribution is 2.31. The van der Waals surface area contributed by atoms with Gasteiger partial charge in [-0.25, -0.2) is 12.8 Å². The molecule has 9 heteroatoms. The topological polar surface area (TPSA) is 101 Å². The average Bonchev–Trinajstić information content (AvgIpc) is 3.27. The molecule has 0 atom stereocenters. The van der Waals surface area contributed by atoms with Crippen LogP contribution in [0.2, 0.25) is 0 Å². The molecule has 0 fully saturated rings. The number of hydrogen-bond acceptors (Lipinski definition) is 5. The first-order valence-corrected chi connectivity index (χ1v) is 9.91. The maximum absolute atomic E-state index is 14.7. The van der Waals surface area contributed by atoms with E-state index in [1.54, 1.807) is 47.8 Å². The second kappa shape index (κ2) is 6.11. The fourth-order valence-corrected chi connectivity index (χ4v) is 4.69. The third kappa shape index (κ3) is 2.80. The zero-order valence-electron chi connectivity index (χ0n) is 13.2. The lowest BCUT2D eigenvalue weighted by atomic mass is 10.0. The SMILES string of the molecule is Nc1n[nH]c2c(F)c(-c3ccc(NS(=O)(=O)c4cccs4)cc3)ccc12. The molecule has 0 spiro atoms. The number of benzene rings is 2. The van der Waals surface area contributed by atoms with E-state index in [1.165, 1.54) is 6.07 Å². The smallest absolute Gasteiger partial charge is 0.271 e. The predicted molar refractivity (Wildman–Crippen MR) is 101 cm³/mol. The minimum atomic E-state index is -3.61. The van der Waals surface area contributed by atoms with Crippen LogP contribution in [-0.4, -0.2) is 18.6 Å². The third-order valence-electron chi connectivity index (χ3n) is 3.91. The molecular formula is C17H13FN4O2S2. The number of nitrogens with one attached hydrogen (secondary N) is 2. The summed E-state index contributed by atoms with van der Waals surface area (Å²) < 4.78 is 41.9. The summed E-state index contributed by atoms with van der Waals surface area (Å²) >= 11 is 1.13. The minimum Gasteiger partial charge on any atom is -0.382 e. The molecule has 26 heavy (non-hydrogen) atoms. The normalized spacial score (nSPS) is 11.7. The van der Waals surface area contributed by atoms with Crippen molar-refractivity contribution in [3.63, 3.8) is 0 Å². The van der Waals surface area contributed by atoms with E-state index in [1.807, 2.05) is 0 Å². The van der Waals surface area contributed by atoms with Gasteiger partial charge in [0.15, 0.2) is 11.6 Å². The van der Waals surface area contributed by atoms with Gasteiger partial charge in [-0.3, -0.25) is 9.82 Å². The first-order valence-electron chi connectivity index (χ1n) is 7.54. The van der Waals surface area contributed by atoms with Crippen LogP contribution in [0.15, 0.2) is 58.1 Å². The van der Waals surface area contributed by atoms with Crippen LogP contribution >= 0.6 is 11.3 Å². The van der Waals surface area contributed by atoms with Crippen molar-refractivity contribution in [1.29, 1.82) is 0 Å². The van der Waals surface area contributed by atoms with E-state index in [-0.39, 0.29) is 15.5 Å². The Labute approximate surface area is 152 Å². The molecule has 2 aromatic heterocycles. The summed E-state index contributed by atoms with van der Waals surface area (Å²) in [6.45, 7) is 0. The van der Waals surface area contributed by atoms with Gasteiger partial charge in [0.1, 0.15) is 9.73 Å². The molecule has 0 aliphatic carbocycles. The Morgan fingerprint density at radius 2 is 1.88 bits per heavy atom. The summed E-state index contributed by atoms with van der Waals surface area (Å²) in [5, 5.41) is 8.60. The van der Waals surface area contributed by atoms with E-state index < -0.39 is 15.8 Å². The molecule has 0 amide bonds. The van der Waals surface area contributed by atoms with E-state index >= 15 is 0 Å². The number of nitrogens with two attached hydrogens (primary N) is 1. The Morgan fingerprint density at radius 3 is 2.58 bits per heavy atom. The highest BCUT2D eigenvalue weighted by Gasteiger charge is 2.16. The number of nitrogen functional groups attached to an aromatic ring is 1. The quantitative estimate of drug-likeness (QED) is 0.495. The van der Waals surface area contributed by atoms with Crippen molar-refractivity contribution < 1.29 is 12.8 Å². The van der Waals surface area contributed by atoms with Crippen LogP contribution in [0.4, 0.5) is 15.9 Å². The van der Waals surface area contributed by atoms with Crippen LogP contribution in [0.25, 0.3) is 22.0 Å². The summed E-state index contributed by atoms with van der Waals surface area (Å²) in [6, 6.07) is 13.0. The van der Waals surface area contributed by atoms with Gasteiger partial charge >= 0.3 is 0 Å². The van der Waals surface area contributed by atoms with E-state index in [4.69, 9.17) is 5.73 Å². The minimum absolute atomic E-state index is 0.231. The first kappa shape index (κ1) is 16.6. The molecule has 0 unspecified atom stereocenters. The molecule has 132 valence electrons. The standard InChI is InChI=1S/C17H13FN4O2S2/c18-15-12(7-8-13-16(15)20-21-17(13)19)10-3-5-11(6-4-10)22-26(23,24)14-2-1-9-25-14/h1-9,22H,(H3,19,20,21). The van der Waals surface area contributed by atoms with Gasteiger partial charge < -0.3 is 5.73 Å². The van der Waals surface area contributed by atoms with Crippen LogP contribution in [0.1, 0.15) is 0 Å². The highest BCUT2D eigenvalue weighted by atomic mass is 32.2. The van der Waals surface area contributed by atoms with E-state index in [0.717, 1.165) is 11.3 Å². The number of rotatable bonds is 4. The van der Waals surface area contributed by atoms with E-state index in [0.29, 0.717) is 22.2 Å². The molecule has 0 bridgehead atoms. The highest BCUT2D eigenvalue weighted by molar-refractivity contribution is 7.94. The number of anilines is 2. The lowest BCUT2D eigenvalue weighted by Gasteiger charge is -2.08. The lowest BCUT2D eigenvalue weighted by Crippen LogP contribution is -2.11. The molecule has 0 aliphatic rings. The van der Waals surface area contributed by atoms with Gasteiger partial charge in [0.2, 0.25) is 0 Å². The second-order valence-corrected chi connectivity index (χ2v) is 8.43. The number of halogens is 1. The molecule has 4 N–H and O–H groups in total. The van der Waals surface area contributed by atoms with Gasteiger partial charge in [0, 0.05) is 16.6 Å². The largest absolute Gasteiger partial charge is 0.382 e. The van der Waals surface area contributed by atoms with Crippen molar-refractivity contribution in [2.24, 2.45) is 0 Å². The summed E-state index contributed by atoms with van der Waals surface area (Å²) in [5.41, 5.74) is 7.29. The number of nitrogens with zero attached hydrogens (tertiary/aromatic N) is 1. The molecule has 0 saturated heterocycles. The second-order valence-electron chi connectivity index (χ2n) is 5.57. The van der Waals surface area contributed by atoms with Crippen LogP contribution in [0.3, 0.4) is 0 Å². The summed E-state index contributed by atoms with van der Waals surface area (Å²) in [6.07, 6.45) is 0. The number of thiophene rings is 1. The number of hydrogen-bond donors (Lipinski definition) is 3. The number of fused-ring (bicyclic) bond motifs is 1. The number of aromatic amines is 1. The van der Waals surface area contributed by atoms with Crippen LogP contribution in [0.5, 0.6) is 0 Å². The van der Waals surface area contributed by atoms with Crippen LogP contribution < -0.4 is 10.5 Å². The Morgan fingerprint density at radius 1 is 1.12 bits per heavy atom. The van der Waals surface area contributed by atoms with Gasteiger partial charge in [-0.05, 0) is 35.2 Å². The lowest BCUT2D eigenvalue weighted by molar-refractivity contribution is 0.603. The fourth-order valence-electron chi connectivity index (χ4n) is 2.64. The zero-order chi connectivity index (χ0) is 18.3. The summed E-state index contributed by atoms with van der Waals surface area (Å²) in [5.74, 6) is -0.220. The van der Waals surface area contributed by atoms with E-state index in [9.17, 15) is 12.8 Å². The molecule has 2 aromatic carbocycles. The van der Waals surface area contributed by atoms with Crippen molar-refractivity contribution >= 4 is 43.8 Å².